The van der Waals surface area contributed by atoms with Crippen LogP contribution >= 0.6 is 0 Å². The Hall–Kier alpha value is -3.38. The SMILES string of the molecule is C=C(C)c1cccc(C2=CC=C(/C=C3/CC4=CC(C)C(C(=C)CCC)C(c5ccccc5CC)C4C3=C)C2)c1. The molecular weight excluding hydrogens is 468 g/mol. The molecule has 0 saturated heterocycles. The van der Waals surface area contributed by atoms with Gasteiger partial charge in [0.25, 0.3) is 0 Å². The number of hydrogen-bond acceptors (Lipinski definition) is 0. The summed E-state index contributed by atoms with van der Waals surface area (Å²) in [7, 11) is 0. The molecule has 39 heavy (non-hydrogen) atoms. The van der Waals surface area contributed by atoms with Gasteiger partial charge in [0.1, 0.15) is 0 Å². The van der Waals surface area contributed by atoms with Crippen LogP contribution in [0.3, 0.4) is 0 Å². The molecule has 4 unspecified atom stereocenters. The van der Waals surface area contributed by atoms with E-state index in [1.807, 2.05) is 0 Å². The molecule has 2 aromatic rings. The second kappa shape index (κ2) is 11.4. The lowest BCUT2D eigenvalue weighted by Crippen LogP contribution is -2.32. The fourth-order valence-electron chi connectivity index (χ4n) is 7.32. The lowest BCUT2D eigenvalue weighted by Gasteiger charge is -2.42. The summed E-state index contributed by atoms with van der Waals surface area (Å²) in [4.78, 5) is 0. The van der Waals surface area contributed by atoms with E-state index in [-0.39, 0.29) is 0 Å². The minimum atomic E-state index is 0.362. The van der Waals surface area contributed by atoms with Crippen LogP contribution in [0.4, 0.5) is 0 Å². The van der Waals surface area contributed by atoms with Crippen molar-refractivity contribution >= 4 is 11.1 Å². The molecular formula is C39H44. The van der Waals surface area contributed by atoms with Gasteiger partial charge in [-0.1, -0.05) is 130 Å². The summed E-state index contributed by atoms with van der Waals surface area (Å²) in [6.45, 7) is 22.6. The number of rotatable bonds is 8. The molecule has 200 valence electrons. The van der Waals surface area contributed by atoms with E-state index in [9.17, 15) is 0 Å². The monoisotopic (exact) mass is 512 g/mol. The molecule has 0 heteroatoms. The summed E-state index contributed by atoms with van der Waals surface area (Å²) >= 11 is 0. The molecule has 5 rings (SSSR count). The van der Waals surface area contributed by atoms with Crippen molar-refractivity contribution < 1.29 is 0 Å². The summed E-state index contributed by atoms with van der Waals surface area (Å²) in [6.07, 6.45) is 14.9. The van der Waals surface area contributed by atoms with Crippen LogP contribution in [0.25, 0.3) is 11.1 Å². The Morgan fingerprint density at radius 3 is 2.54 bits per heavy atom. The molecule has 3 aliphatic carbocycles. The van der Waals surface area contributed by atoms with Crippen molar-refractivity contribution in [2.24, 2.45) is 17.8 Å². The maximum atomic E-state index is 4.77. The molecule has 1 saturated carbocycles. The van der Waals surface area contributed by atoms with Crippen molar-refractivity contribution in [2.45, 2.75) is 65.7 Å². The van der Waals surface area contributed by atoms with Crippen LogP contribution in [-0.4, -0.2) is 0 Å². The molecule has 0 spiro atoms. The Morgan fingerprint density at radius 2 is 1.79 bits per heavy atom. The summed E-state index contributed by atoms with van der Waals surface area (Å²) in [5.41, 5.74) is 15.1. The fourth-order valence-corrected chi connectivity index (χ4v) is 7.32. The van der Waals surface area contributed by atoms with Crippen LogP contribution < -0.4 is 0 Å². The molecule has 1 fully saturated rings. The Bertz CT molecular complexity index is 1430. The predicted molar refractivity (Wildman–Crippen MR) is 171 cm³/mol. The van der Waals surface area contributed by atoms with Crippen LogP contribution in [0.15, 0.2) is 120 Å². The quantitative estimate of drug-likeness (QED) is 0.309. The van der Waals surface area contributed by atoms with Gasteiger partial charge in [0.05, 0.1) is 0 Å². The van der Waals surface area contributed by atoms with E-state index >= 15 is 0 Å². The minimum absolute atomic E-state index is 0.362. The lowest BCUT2D eigenvalue weighted by molar-refractivity contribution is 0.321. The highest BCUT2D eigenvalue weighted by Gasteiger charge is 2.45. The third-order valence-corrected chi connectivity index (χ3v) is 9.19. The number of benzene rings is 2. The van der Waals surface area contributed by atoms with Crippen molar-refractivity contribution in [1.82, 2.24) is 0 Å². The van der Waals surface area contributed by atoms with Crippen molar-refractivity contribution in [3.8, 4) is 0 Å². The van der Waals surface area contributed by atoms with Gasteiger partial charge in [-0.25, -0.2) is 0 Å². The zero-order valence-corrected chi connectivity index (χ0v) is 24.4. The van der Waals surface area contributed by atoms with Crippen molar-refractivity contribution in [3.63, 3.8) is 0 Å². The van der Waals surface area contributed by atoms with E-state index in [0.29, 0.717) is 23.7 Å². The van der Waals surface area contributed by atoms with Crippen LogP contribution in [0.5, 0.6) is 0 Å². The third kappa shape index (κ3) is 5.27. The smallest absolute Gasteiger partial charge is 0.0123 e. The van der Waals surface area contributed by atoms with Gasteiger partial charge in [0.15, 0.2) is 0 Å². The molecule has 0 N–H and O–H groups in total. The van der Waals surface area contributed by atoms with Crippen LogP contribution in [0.1, 0.15) is 81.5 Å². The molecule has 0 aliphatic heterocycles. The van der Waals surface area contributed by atoms with Crippen LogP contribution in [-0.2, 0) is 6.42 Å². The average Bonchev–Trinajstić information content (AvgIpc) is 3.52. The maximum absolute atomic E-state index is 4.77. The summed E-state index contributed by atoms with van der Waals surface area (Å²) in [6, 6.07) is 17.9. The summed E-state index contributed by atoms with van der Waals surface area (Å²) < 4.78 is 0. The molecule has 4 atom stereocenters. The van der Waals surface area contributed by atoms with E-state index in [1.54, 1.807) is 5.57 Å². The Morgan fingerprint density at radius 1 is 1.00 bits per heavy atom. The normalized spacial score (nSPS) is 25.3. The van der Waals surface area contributed by atoms with E-state index in [2.05, 4.69) is 114 Å². The van der Waals surface area contributed by atoms with Crippen molar-refractivity contribution in [3.05, 3.63) is 143 Å². The first kappa shape index (κ1) is 27.2. The Balaban J connectivity index is 1.45. The molecule has 0 bridgehead atoms. The maximum Gasteiger partial charge on any atom is 0.0123 e. The molecule has 0 heterocycles. The van der Waals surface area contributed by atoms with Gasteiger partial charge in [-0.15, -0.1) is 0 Å². The lowest BCUT2D eigenvalue weighted by atomic mass is 9.61. The van der Waals surface area contributed by atoms with Crippen molar-refractivity contribution in [1.29, 1.82) is 0 Å². The first-order chi connectivity index (χ1) is 18.8. The van der Waals surface area contributed by atoms with Gasteiger partial charge in [0.2, 0.25) is 0 Å². The first-order valence-electron chi connectivity index (χ1n) is 14.8. The van der Waals surface area contributed by atoms with E-state index in [0.717, 1.165) is 37.7 Å². The number of aryl methyl sites for hydroxylation is 1. The van der Waals surface area contributed by atoms with Crippen LogP contribution in [0, 0.1) is 17.8 Å². The summed E-state index contributed by atoms with van der Waals surface area (Å²) in [5, 5.41) is 0. The van der Waals surface area contributed by atoms with E-state index in [1.165, 1.54) is 50.1 Å². The number of allylic oxidation sites excluding steroid dienone is 11. The van der Waals surface area contributed by atoms with Gasteiger partial charge in [-0.2, -0.15) is 0 Å². The minimum Gasteiger partial charge on any atom is -0.0995 e. The number of hydrogen-bond donors (Lipinski definition) is 0. The molecule has 0 aromatic heterocycles. The van der Waals surface area contributed by atoms with Gasteiger partial charge in [-0.05, 0) is 95.1 Å². The highest BCUT2D eigenvalue weighted by Crippen LogP contribution is 2.57. The zero-order valence-electron chi connectivity index (χ0n) is 24.4. The molecule has 3 aliphatic rings. The van der Waals surface area contributed by atoms with Gasteiger partial charge >= 0.3 is 0 Å². The number of fused-ring (bicyclic) bond motifs is 1. The standard InChI is InChI=1S/C39H44/c1-8-13-26(5)37-27(6)20-35-24-34(28(7)38(35)39(37)36-17-11-10-14-30(36)9-2)22-29-18-19-33(21-29)32-16-12-15-31(23-32)25(3)4/h10-12,14-20,22-23,27,37-39H,3,5,7-9,13,21,24H2,1-2,4,6H3/b34-22-. The van der Waals surface area contributed by atoms with Crippen LogP contribution in [0.2, 0.25) is 0 Å². The predicted octanol–water partition coefficient (Wildman–Crippen LogP) is 10.8. The van der Waals surface area contributed by atoms with Gasteiger partial charge < -0.3 is 0 Å². The van der Waals surface area contributed by atoms with Crippen molar-refractivity contribution in [2.75, 3.05) is 0 Å². The Labute approximate surface area is 236 Å². The second-order valence-electron chi connectivity index (χ2n) is 11.9. The van der Waals surface area contributed by atoms with E-state index in [4.69, 9.17) is 6.58 Å². The topological polar surface area (TPSA) is 0 Å². The van der Waals surface area contributed by atoms with Gasteiger partial charge in [0, 0.05) is 11.8 Å². The summed E-state index contributed by atoms with van der Waals surface area (Å²) in [5.74, 6) is 1.70. The second-order valence-corrected chi connectivity index (χ2v) is 11.9. The molecule has 2 aromatic carbocycles. The highest BCUT2D eigenvalue weighted by molar-refractivity contribution is 5.76. The highest BCUT2D eigenvalue weighted by atomic mass is 14.5. The largest absolute Gasteiger partial charge is 0.0995 e. The van der Waals surface area contributed by atoms with Gasteiger partial charge in [-0.3, -0.25) is 0 Å². The molecule has 0 amide bonds. The third-order valence-electron chi connectivity index (χ3n) is 9.19. The fraction of sp³-hybridized carbons (Fsp3) is 0.333. The average molecular weight is 513 g/mol. The Kier molecular flexibility index (Phi) is 7.94. The zero-order chi connectivity index (χ0) is 27.7. The first-order valence-corrected chi connectivity index (χ1v) is 14.8. The molecule has 0 nitrogen and oxygen atoms in total. The molecule has 0 radical (unpaired) electrons. The van der Waals surface area contributed by atoms with E-state index < -0.39 is 0 Å².